The van der Waals surface area contributed by atoms with Crippen molar-refractivity contribution < 1.29 is 18.0 Å². The summed E-state index contributed by atoms with van der Waals surface area (Å²) in [7, 11) is -3.85. The van der Waals surface area contributed by atoms with Crippen molar-refractivity contribution in [2.45, 2.75) is 32.4 Å². The Bertz CT molecular complexity index is 1410. The van der Waals surface area contributed by atoms with Crippen molar-refractivity contribution in [3.05, 3.63) is 98.4 Å². The Balaban J connectivity index is 2.07. The van der Waals surface area contributed by atoms with Gasteiger partial charge in [-0.2, -0.15) is 0 Å². The largest absolute Gasteiger partial charge is 0.354 e. The van der Waals surface area contributed by atoms with Crippen LogP contribution in [0.25, 0.3) is 0 Å². The van der Waals surface area contributed by atoms with Crippen molar-refractivity contribution >= 4 is 66.7 Å². The molecule has 3 rings (SSSR count). The molecule has 0 saturated heterocycles. The predicted octanol–water partition coefficient (Wildman–Crippen LogP) is 5.69. The second-order valence-corrected chi connectivity index (χ2v) is 12.7. The number of sulfonamides is 1. The zero-order chi connectivity index (χ0) is 28.6. The molecular formula is C28H30BrCl2N3O4S. The minimum Gasteiger partial charge on any atom is -0.354 e. The molecule has 39 heavy (non-hydrogen) atoms. The lowest BCUT2D eigenvalue weighted by molar-refractivity contribution is -0.140. The number of hydrogen-bond acceptors (Lipinski definition) is 4. The summed E-state index contributed by atoms with van der Waals surface area (Å²) in [5, 5.41) is 3.66. The molecule has 7 nitrogen and oxygen atoms in total. The van der Waals surface area contributed by atoms with Gasteiger partial charge in [0.2, 0.25) is 21.8 Å². The van der Waals surface area contributed by atoms with E-state index in [1.165, 1.54) is 4.90 Å². The number of anilines is 1. The minimum atomic E-state index is -3.85. The first kappa shape index (κ1) is 30.9. The molecule has 0 aromatic heterocycles. The number of benzene rings is 3. The van der Waals surface area contributed by atoms with Gasteiger partial charge >= 0.3 is 0 Å². The molecule has 0 aliphatic carbocycles. The Morgan fingerprint density at radius 2 is 1.72 bits per heavy atom. The van der Waals surface area contributed by atoms with E-state index >= 15 is 0 Å². The molecular weight excluding hydrogens is 625 g/mol. The fraction of sp³-hybridized carbons (Fsp3) is 0.286. The second-order valence-electron chi connectivity index (χ2n) is 9.00. The summed E-state index contributed by atoms with van der Waals surface area (Å²) in [4.78, 5) is 28.9. The molecule has 1 N–H and O–H groups in total. The maximum atomic E-state index is 14.0. The van der Waals surface area contributed by atoms with Gasteiger partial charge in [-0.3, -0.25) is 13.9 Å². The van der Waals surface area contributed by atoms with E-state index < -0.39 is 28.5 Å². The van der Waals surface area contributed by atoms with Crippen LogP contribution in [0.5, 0.6) is 0 Å². The molecule has 3 aromatic carbocycles. The van der Waals surface area contributed by atoms with Crippen LogP contribution in [0.2, 0.25) is 10.0 Å². The van der Waals surface area contributed by atoms with Crippen LogP contribution in [0.4, 0.5) is 5.69 Å². The highest BCUT2D eigenvalue weighted by Crippen LogP contribution is 2.26. The normalized spacial score (nSPS) is 12.0. The molecule has 11 heteroatoms. The Kier molecular flexibility index (Phi) is 11.2. The zero-order valence-corrected chi connectivity index (χ0v) is 25.5. The first-order valence-corrected chi connectivity index (χ1v) is 15.7. The number of rotatable bonds is 12. The van der Waals surface area contributed by atoms with Crippen LogP contribution in [-0.2, 0) is 32.6 Å². The summed E-state index contributed by atoms with van der Waals surface area (Å²) in [5.74, 6) is -0.897. The van der Waals surface area contributed by atoms with E-state index in [-0.39, 0.29) is 18.9 Å². The summed E-state index contributed by atoms with van der Waals surface area (Å²) in [6, 6.07) is 20.0. The Hall–Kier alpha value is -2.59. The maximum absolute atomic E-state index is 14.0. The van der Waals surface area contributed by atoms with Gasteiger partial charge in [0.25, 0.3) is 0 Å². The van der Waals surface area contributed by atoms with E-state index in [9.17, 15) is 18.0 Å². The molecule has 0 radical (unpaired) electrons. The lowest BCUT2D eigenvalue weighted by Gasteiger charge is -2.33. The monoisotopic (exact) mass is 653 g/mol. The van der Waals surface area contributed by atoms with Gasteiger partial charge in [0.05, 0.1) is 11.9 Å². The van der Waals surface area contributed by atoms with Crippen molar-refractivity contribution in [3.8, 4) is 0 Å². The maximum Gasteiger partial charge on any atom is 0.244 e. The highest BCUT2D eigenvalue weighted by atomic mass is 79.9. The van der Waals surface area contributed by atoms with Crippen LogP contribution in [0.1, 0.15) is 24.5 Å². The number of carbonyl (C=O) groups is 2. The zero-order valence-electron chi connectivity index (χ0n) is 21.6. The third-order valence-electron chi connectivity index (χ3n) is 5.95. The summed E-state index contributed by atoms with van der Waals surface area (Å²) in [6.07, 6.45) is 1.98. The first-order valence-electron chi connectivity index (χ1n) is 12.3. The molecule has 1 atom stereocenters. The summed E-state index contributed by atoms with van der Waals surface area (Å²) >= 11 is 15.9. The van der Waals surface area contributed by atoms with Crippen LogP contribution in [0, 0.1) is 0 Å². The molecule has 0 aliphatic rings. The molecule has 0 fully saturated rings. The van der Waals surface area contributed by atoms with Crippen LogP contribution in [0.3, 0.4) is 0 Å². The van der Waals surface area contributed by atoms with Gasteiger partial charge in [-0.25, -0.2) is 8.42 Å². The SMILES string of the molecule is CCCNC(=O)[C@H](Cc1ccccc1)N(Cc1ccc(Cl)cc1Cl)C(=O)CN(c1cccc(Br)c1)S(C)(=O)=O. The number of nitrogens with zero attached hydrogens (tertiary/aromatic N) is 2. The van der Waals surface area contributed by atoms with Crippen molar-refractivity contribution in [3.63, 3.8) is 0 Å². The molecule has 2 amide bonds. The van der Waals surface area contributed by atoms with Gasteiger partial charge in [-0.05, 0) is 47.9 Å². The van der Waals surface area contributed by atoms with Crippen molar-refractivity contribution in [2.75, 3.05) is 23.7 Å². The van der Waals surface area contributed by atoms with Gasteiger partial charge in [-0.15, -0.1) is 0 Å². The minimum absolute atomic E-state index is 0.0258. The lowest BCUT2D eigenvalue weighted by atomic mass is 10.0. The average Bonchev–Trinajstić information content (AvgIpc) is 2.88. The number of amides is 2. The fourth-order valence-electron chi connectivity index (χ4n) is 4.00. The fourth-order valence-corrected chi connectivity index (χ4v) is 5.70. The van der Waals surface area contributed by atoms with Gasteiger partial charge < -0.3 is 10.2 Å². The van der Waals surface area contributed by atoms with Crippen molar-refractivity contribution in [1.82, 2.24) is 10.2 Å². The Labute approximate surface area is 248 Å². The van der Waals surface area contributed by atoms with Crippen LogP contribution in [0.15, 0.2) is 77.3 Å². The number of hydrogen-bond donors (Lipinski definition) is 1. The third kappa shape index (κ3) is 8.96. The molecule has 0 aliphatic heterocycles. The Morgan fingerprint density at radius 1 is 1.00 bits per heavy atom. The number of carbonyl (C=O) groups excluding carboxylic acids is 2. The topological polar surface area (TPSA) is 86.8 Å². The van der Waals surface area contributed by atoms with E-state index in [1.807, 2.05) is 37.3 Å². The lowest BCUT2D eigenvalue weighted by Crippen LogP contribution is -2.53. The molecule has 0 bridgehead atoms. The van der Waals surface area contributed by atoms with E-state index in [2.05, 4.69) is 21.2 Å². The van der Waals surface area contributed by atoms with Crippen LogP contribution >= 0.6 is 39.1 Å². The highest BCUT2D eigenvalue weighted by Gasteiger charge is 2.33. The van der Waals surface area contributed by atoms with Gasteiger partial charge in [-0.1, -0.05) is 88.5 Å². The molecule has 0 heterocycles. The number of nitrogens with one attached hydrogen (secondary N) is 1. The molecule has 208 valence electrons. The van der Waals surface area contributed by atoms with Gasteiger partial charge in [0, 0.05) is 34.0 Å². The number of halogens is 3. The summed E-state index contributed by atoms with van der Waals surface area (Å²) in [5.41, 5.74) is 1.74. The van der Waals surface area contributed by atoms with Crippen LogP contribution in [-0.4, -0.2) is 50.5 Å². The average molecular weight is 655 g/mol. The highest BCUT2D eigenvalue weighted by molar-refractivity contribution is 9.10. The van der Waals surface area contributed by atoms with E-state index in [4.69, 9.17) is 23.2 Å². The van der Waals surface area contributed by atoms with E-state index in [1.54, 1.807) is 42.5 Å². The Morgan fingerprint density at radius 3 is 2.33 bits per heavy atom. The molecule has 3 aromatic rings. The van der Waals surface area contributed by atoms with Crippen molar-refractivity contribution in [1.29, 1.82) is 0 Å². The van der Waals surface area contributed by atoms with Gasteiger partial charge in [0.15, 0.2) is 0 Å². The smallest absolute Gasteiger partial charge is 0.244 e. The third-order valence-corrected chi connectivity index (χ3v) is 8.17. The molecule has 0 saturated carbocycles. The summed E-state index contributed by atoms with van der Waals surface area (Å²) < 4.78 is 27.3. The first-order chi connectivity index (χ1) is 18.5. The van der Waals surface area contributed by atoms with E-state index in [0.29, 0.717) is 38.7 Å². The predicted molar refractivity (Wildman–Crippen MR) is 161 cm³/mol. The van der Waals surface area contributed by atoms with Gasteiger partial charge in [0.1, 0.15) is 12.6 Å². The van der Waals surface area contributed by atoms with Crippen LogP contribution < -0.4 is 9.62 Å². The van der Waals surface area contributed by atoms with Crippen molar-refractivity contribution in [2.24, 2.45) is 0 Å². The quantitative estimate of drug-likeness (QED) is 0.272. The second kappa shape index (κ2) is 14.2. The van der Waals surface area contributed by atoms with E-state index in [0.717, 1.165) is 16.1 Å². The molecule has 0 spiro atoms. The molecule has 0 unspecified atom stereocenters. The summed E-state index contributed by atoms with van der Waals surface area (Å²) in [6.45, 7) is 1.83. The standard InChI is InChI=1S/C28H30BrCl2N3O4S/c1-3-14-32-28(36)26(15-20-8-5-4-6-9-20)33(18-21-12-13-23(30)17-25(21)31)27(35)19-34(39(2,37)38)24-11-7-10-22(29)16-24/h4-13,16-17,26H,3,14-15,18-19H2,1-2H3,(H,32,36)/t26-/m0/s1.